The third kappa shape index (κ3) is 5.44. The maximum absolute atomic E-state index is 12.8. The highest BCUT2D eigenvalue weighted by atomic mass is 32.2. The van der Waals surface area contributed by atoms with Crippen molar-refractivity contribution in [1.82, 2.24) is 24.8 Å². The van der Waals surface area contributed by atoms with Gasteiger partial charge in [0.25, 0.3) is 11.1 Å². The molecule has 0 radical (unpaired) electrons. The van der Waals surface area contributed by atoms with Crippen LogP contribution in [0.1, 0.15) is 36.7 Å². The number of imide groups is 1. The van der Waals surface area contributed by atoms with Crippen molar-refractivity contribution < 1.29 is 14.4 Å². The third-order valence-electron chi connectivity index (χ3n) is 5.43. The normalized spacial score (nSPS) is 15.6. The fourth-order valence-corrected chi connectivity index (χ4v) is 4.35. The minimum atomic E-state index is -0.530. The zero-order chi connectivity index (χ0) is 25.3. The van der Waals surface area contributed by atoms with Gasteiger partial charge in [-0.3, -0.25) is 19.3 Å². The number of hydrogen-bond donors (Lipinski definition) is 2. The average molecular weight is 493 g/mol. The molecule has 182 valence electrons. The number of thioether (sulfide) groups is 1. The van der Waals surface area contributed by atoms with Gasteiger partial charge in [-0.15, -0.1) is 0 Å². The number of carbonyl (C=O) groups is 3. The average Bonchev–Trinajstić information content (AvgIpc) is 3.32. The summed E-state index contributed by atoms with van der Waals surface area (Å²) in [6.07, 6.45) is 4.97. The number of rotatable bonds is 7. The van der Waals surface area contributed by atoms with Crippen molar-refractivity contribution in [2.75, 3.05) is 32.5 Å². The first-order chi connectivity index (χ1) is 16.5. The topological polar surface area (TPSA) is 111 Å². The summed E-state index contributed by atoms with van der Waals surface area (Å²) in [6.45, 7) is 6.60. The van der Waals surface area contributed by atoms with Crippen molar-refractivity contribution in [3.05, 3.63) is 52.7 Å². The molecule has 0 saturated carbocycles. The van der Waals surface area contributed by atoms with Gasteiger partial charge in [0.05, 0.1) is 16.7 Å². The fraction of sp³-hybridized carbons (Fsp3) is 0.320. The number of H-pyrrole nitrogens is 1. The number of Topliss-reactive ketones (excluding diaryl/α,β-unsaturated/α-hetero) is 1. The van der Waals surface area contributed by atoms with Gasteiger partial charge in [0, 0.05) is 30.4 Å². The van der Waals surface area contributed by atoms with Crippen molar-refractivity contribution in [2.45, 2.75) is 20.8 Å². The maximum Gasteiger partial charge on any atom is 0.293 e. The number of ketones is 1. The monoisotopic (exact) mass is 492 g/mol. The molecule has 35 heavy (non-hydrogen) atoms. The molecule has 2 N–H and O–H groups in total. The third-order valence-corrected chi connectivity index (χ3v) is 6.34. The molecular formula is C25H28N6O3S. The highest BCUT2D eigenvalue weighted by molar-refractivity contribution is 8.18. The Hall–Kier alpha value is -3.50. The molecule has 3 heterocycles. The lowest BCUT2D eigenvalue weighted by Gasteiger charge is -2.15. The Morgan fingerprint density at radius 3 is 2.57 bits per heavy atom. The molecule has 0 spiro atoms. The lowest BCUT2D eigenvalue weighted by atomic mass is 9.87. The zero-order valence-electron chi connectivity index (χ0n) is 20.4. The van der Waals surface area contributed by atoms with Crippen LogP contribution in [-0.2, 0) is 4.79 Å². The first-order valence-corrected chi connectivity index (χ1v) is 12.0. The summed E-state index contributed by atoms with van der Waals surface area (Å²) in [6, 6.07) is 7.42. The van der Waals surface area contributed by atoms with Gasteiger partial charge in [0.15, 0.2) is 11.4 Å². The second-order valence-electron chi connectivity index (χ2n) is 9.62. The van der Waals surface area contributed by atoms with Gasteiger partial charge in [-0.05, 0) is 49.6 Å². The highest BCUT2D eigenvalue weighted by Crippen LogP contribution is 2.32. The smallest absolute Gasteiger partial charge is 0.293 e. The first-order valence-electron chi connectivity index (χ1n) is 11.2. The Bertz CT molecular complexity index is 1320. The molecule has 2 amide bonds. The number of nitrogens with zero attached hydrogens (tertiary/aromatic N) is 4. The highest BCUT2D eigenvalue weighted by Gasteiger charge is 2.34. The molecule has 0 aliphatic carbocycles. The number of aromatic amines is 1. The van der Waals surface area contributed by atoms with Gasteiger partial charge in [-0.2, -0.15) is 0 Å². The maximum atomic E-state index is 12.8. The van der Waals surface area contributed by atoms with Crippen LogP contribution in [0.4, 0.5) is 16.3 Å². The van der Waals surface area contributed by atoms with E-state index >= 15 is 0 Å². The van der Waals surface area contributed by atoms with Crippen molar-refractivity contribution in [3.63, 3.8) is 0 Å². The van der Waals surface area contributed by atoms with Crippen LogP contribution in [-0.4, -0.2) is 68.9 Å². The summed E-state index contributed by atoms with van der Waals surface area (Å²) in [7, 11) is 3.80. The second kappa shape index (κ2) is 9.63. The van der Waals surface area contributed by atoms with Crippen LogP contribution in [0.5, 0.6) is 0 Å². The summed E-state index contributed by atoms with van der Waals surface area (Å²) in [5.41, 5.74) is 2.64. The van der Waals surface area contributed by atoms with Crippen molar-refractivity contribution >= 4 is 57.4 Å². The van der Waals surface area contributed by atoms with Crippen LogP contribution in [0.15, 0.2) is 41.6 Å². The van der Waals surface area contributed by atoms with E-state index in [4.69, 9.17) is 0 Å². The molecule has 0 unspecified atom stereocenters. The Morgan fingerprint density at radius 2 is 1.91 bits per heavy atom. The number of amides is 2. The number of fused-ring (bicyclic) bond motifs is 1. The molecule has 2 aromatic heterocycles. The predicted octanol–water partition coefficient (Wildman–Crippen LogP) is 4.53. The number of benzene rings is 1. The molecule has 3 aromatic rings. The van der Waals surface area contributed by atoms with Crippen LogP contribution in [0.25, 0.3) is 17.2 Å². The zero-order valence-corrected chi connectivity index (χ0v) is 21.2. The summed E-state index contributed by atoms with van der Waals surface area (Å²) in [5, 5.41) is 2.96. The van der Waals surface area contributed by atoms with E-state index in [1.54, 1.807) is 18.5 Å². The molecule has 1 aliphatic rings. The van der Waals surface area contributed by atoms with Crippen molar-refractivity contribution in [1.29, 1.82) is 0 Å². The van der Waals surface area contributed by atoms with Gasteiger partial charge < -0.3 is 15.2 Å². The van der Waals surface area contributed by atoms with Gasteiger partial charge in [0.2, 0.25) is 0 Å². The van der Waals surface area contributed by atoms with Gasteiger partial charge in [-0.1, -0.05) is 32.9 Å². The number of nitrogens with one attached hydrogen (secondary N) is 2. The number of aromatic nitrogens is 3. The first kappa shape index (κ1) is 24.6. The van der Waals surface area contributed by atoms with Crippen LogP contribution in [0.2, 0.25) is 0 Å². The quantitative estimate of drug-likeness (QED) is 0.366. The number of carbonyl (C=O) groups excluding carboxylic acids is 3. The van der Waals surface area contributed by atoms with Crippen LogP contribution in [0, 0.1) is 5.41 Å². The van der Waals surface area contributed by atoms with E-state index < -0.39 is 5.41 Å². The molecule has 9 nitrogen and oxygen atoms in total. The van der Waals surface area contributed by atoms with E-state index in [2.05, 4.69) is 20.3 Å². The summed E-state index contributed by atoms with van der Waals surface area (Å²) < 4.78 is 0. The molecule has 4 rings (SSSR count). The number of anilines is 2. The van der Waals surface area contributed by atoms with E-state index in [9.17, 15) is 14.4 Å². The van der Waals surface area contributed by atoms with E-state index in [0.29, 0.717) is 40.5 Å². The minimum Gasteiger partial charge on any atom is -0.344 e. The van der Waals surface area contributed by atoms with E-state index in [-0.39, 0.29) is 16.9 Å². The van der Waals surface area contributed by atoms with Crippen molar-refractivity contribution in [3.8, 4) is 0 Å². The standard InChI is InChI=1S/C25H28N6O3S/c1-25(2,3)21(32)17-13-26-22-20(17)29-19(14-27-22)28-16-8-6-15(7-9-16)12-18-23(33)31(24(34)35-18)11-10-30(4)5/h6-9,12-14H,10-11H2,1-5H3,(H,26,27)(H,28,29)/b18-12+. The SMILES string of the molecule is CN(C)CCN1C(=O)S/C(=C/c2ccc(Nc3cnc4[nH]cc(C(=O)C(C)(C)C)c4n3)cc2)C1=O. The van der Waals surface area contributed by atoms with E-state index in [1.807, 2.05) is 64.0 Å². The Morgan fingerprint density at radius 1 is 1.20 bits per heavy atom. The summed E-state index contributed by atoms with van der Waals surface area (Å²) in [5.74, 6) is 0.236. The van der Waals surface area contributed by atoms with Crippen LogP contribution >= 0.6 is 11.8 Å². The number of likely N-dealkylation sites (N-methyl/N-ethyl adjacent to an activating group) is 1. The molecule has 0 bridgehead atoms. The lowest BCUT2D eigenvalue weighted by Crippen LogP contribution is -2.34. The Balaban J connectivity index is 1.49. The molecule has 10 heteroatoms. The summed E-state index contributed by atoms with van der Waals surface area (Å²) >= 11 is 0.958. The summed E-state index contributed by atoms with van der Waals surface area (Å²) in [4.78, 5) is 53.2. The number of hydrogen-bond acceptors (Lipinski definition) is 8. The van der Waals surface area contributed by atoms with Crippen LogP contribution < -0.4 is 5.32 Å². The van der Waals surface area contributed by atoms with E-state index in [1.165, 1.54) is 4.90 Å². The lowest BCUT2D eigenvalue weighted by molar-refractivity contribution is -0.122. The second-order valence-corrected chi connectivity index (χ2v) is 10.6. The van der Waals surface area contributed by atoms with Gasteiger partial charge >= 0.3 is 0 Å². The van der Waals surface area contributed by atoms with Gasteiger partial charge in [-0.25, -0.2) is 9.97 Å². The van der Waals surface area contributed by atoms with Crippen LogP contribution in [0.3, 0.4) is 0 Å². The molecule has 0 atom stereocenters. The van der Waals surface area contributed by atoms with E-state index in [0.717, 1.165) is 23.0 Å². The molecule has 1 aromatic carbocycles. The van der Waals surface area contributed by atoms with Crippen molar-refractivity contribution in [2.24, 2.45) is 5.41 Å². The molecule has 1 saturated heterocycles. The molecule has 1 fully saturated rings. The molecule has 1 aliphatic heterocycles. The Labute approximate surface area is 208 Å². The molecular weight excluding hydrogens is 464 g/mol. The van der Waals surface area contributed by atoms with Gasteiger partial charge in [0.1, 0.15) is 11.3 Å². The fourth-order valence-electron chi connectivity index (χ4n) is 3.48. The Kier molecular flexibility index (Phi) is 6.77. The minimum absolute atomic E-state index is 0.00863. The largest absolute Gasteiger partial charge is 0.344 e. The predicted molar refractivity (Wildman–Crippen MR) is 139 cm³/mol.